The van der Waals surface area contributed by atoms with Gasteiger partial charge in [-0.15, -0.1) is 10.2 Å². The summed E-state index contributed by atoms with van der Waals surface area (Å²) in [6.45, 7) is 4.50. The molecule has 0 bridgehead atoms. The lowest BCUT2D eigenvalue weighted by Gasteiger charge is -2.26. The lowest BCUT2D eigenvalue weighted by molar-refractivity contribution is -0.146. The Morgan fingerprint density at radius 3 is 2.68 bits per heavy atom. The number of thioether (sulfide) groups is 1. The van der Waals surface area contributed by atoms with Crippen molar-refractivity contribution in [1.29, 1.82) is 0 Å². The lowest BCUT2D eigenvalue weighted by atomic mass is 10.1. The molecule has 0 spiro atoms. The van der Waals surface area contributed by atoms with Crippen molar-refractivity contribution in [2.24, 2.45) is 0 Å². The van der Waals surface area contributed by atoms with Crippen molar-refractivity contribution in [3.63, 3.8) is 0 Å². The molecule has 0 saturated heterocycles. The summed E-state index contributed by atoms with van der Waals surface area (Å²) in [4.78, 5) is 13.7. The number of hydrogen-bond donors (Lipinski definition) is 1. The number of hydrogen-bond acceptors (Lipinski definition) is 8. The van der Waals surface area contributed by atoms with Gasteiger partial charge < -0.3 is 15.0 Å². The first-order chi connectivity index (χ1) is 8.92. The number of rotatable bonds is 7. The molecule has 1 rings (SSSR count). The predicted molar refractivity (Wildman–Crippen MR) is 79.1 cm³/mol. The zero-order chi connectivity index (χ0) is 14.5. The smallest absolute Gasteiger partial charge is 0.326 e. The molecule has 1 N–H and O–H groups in total. The van der Waals surface area contributed by atoms with E-state index in [9.17, 15) is 4.79 Å². The lowest BCUT2D eigenvalue weighted by Crippen LogP contribution is -2.52. The zero-order valence-corrected chi connectivity index (χ0v) is 13.5. The van der Waals surface area contributed by atoms with Crippen molar-refractivity contribution >= 4 is 34.2 Å². The number of aromatic nitrogens is 2. The van der Waals surface area contributed by atoms with Crippen molar-refractivity contribution in [2.75, 3.05) is 38.4 Å². The summed E-state index contributed by atoms with van der Waals surface area (Å²) in [6, 6.07) is 0. The molecule has 0 radical (unpaired) electrons. The van der Waals surface area contributed by atoms with E-state index in [2.05, 4.69) is 15.5 Å². The normalized spacial score (nSPS) is 13.9. The van der Waals surface area contributed by atoms with Gasteiger partial charge in [-0.25, -0.2) is 0 Å². The maximum Gasteiger partial charge on any atom is 0.326 e. The molecule has 6 nitrogen and oxygen atoms in total. The van der Waals surface area contributed by atoms with E-state index in [1.165, 1.54) is 30.2 Å². The molecule has 0 aliphatic heterocycles. The fourth-order valence-electron chi connectivity index (χ4n) is 1.45. The van der Waals surface area contributed by atoms with E-state index in [1.807, 2.05) is 32.8 Å². The number of anilines is 1. The van der Waals surface area contributed by atoms with Crippen molar-refractivity contribution < 1.29 is 9.53 Å². The highest BCUT2D eigenvalue weighted by Gasteiger charge is 2.33. The van der Waals surface area contributed by atoms with Gasteiger partial charge in [0, 0.05) is 19.8 Å². The Kier molecular flexibility index (Phi) is 6.02. The van der Waals surface area contributed by atoms with Crippen LogP contribution in [0.25, 0.3) is 0 Å². The average Bonchev–Trinajstić information content (AvgIpc) is 2.84. The topological polar surface area (TPSA) is 67.4 Å². The van der Waals surface area contributed by atoms with E-state index >= 15 is 0 Å². The number of methoxy groups -OCH3 is 1. The highest BCUT2D eigenvalue weighted by Crippen LogP contribution is 2.29. The average molecular weight is 304 g/mol. The molecule has 0 aliphatic rings. The van der Waals surface area contributed by atoms with Gasteiger partial charge in [-0.05, 0) is 13.5 Å². The minimum atomic E-state index is -0.710. The Morgan fingerprint density at radius 1 is 1.53 bits per heavy atom. The largest absolute Gasteiger partial charge is 0.468 e. The second-order valence-corrected chi connectivity index (χ2v) is 6.57. The summed E-state index contributed by atoms with van der Waals surface area (Å²) in [7, 11) is 5.25. The highest BCUT2D eigenvalue weighted by atomic mass is 32.2. The first-order valence-electron chi connectivity index (χ1n) is 5.90. The molecule has 1 atom stereocenters. The molecule has 0 amide bonds. The maximum absolute atomic E-state index is 11.8. The minimum absolute atomic E-state index is 0.265. The molecule has 1 heterocycles. The monoisotopic (exact) mass is 304 g/mol. The van der Waals surface area contributed by atoms with E-state index in [4.69, 9.17) is 4.74 Å². The van der Waals surface area contributed by atoms with E-state index in [-0.39, 0.29) is 5.97 Å². The molecule has 0 fully saturated rings. The van der Waals surface area contributed by atoms with Gasteiger partial charge in [-0.2, -0.15) is 0 Å². The Hall–Kier alpha value is -0.860. The van der Waals surface area contributed by atoms with Gasteiger partial charge in [0.1, 0.15) is 5.54 Å². The van der Waals surface area contributed by atoms with Crippen molar-refractivity contribution in [2.45, 2.75) is 23.7 Å². The van der Waals surface area contributed by atoms with Gasteiger partial charge in [-0.1, -0.05) is 30.0 Å². The number of carbonyl (C=O) groups excluding carboxylic acids is 1. The first kappa shape index (κ1) is 16.2. The molecule has 8 heteroatoms. The van der Waals surface area contributed by atoms with Gasteiger partial charge in [0.05, 0.1) is 7.11 Å². The van der Waals surface area contributed by atoms with Crippen molar-refractivity contribution in [3.05, 3.63) is 0 Å². The first-order valence-corrected chi connectivity index (χ1v) is 7.70. The van der Waals surface area contributed by atoms with Crippen LogP contribution in [-0.4, -0.2) is 55.2 Å². The van der Waals surface area contributed by atoms with E-state index in [0.29, 0.717) is 12.3 Å². The van der Waals surface area contributed by atoms with Gasteiger partial charge in [0.25, 0.3) is 0 Å². The molecular weight excluding hydrogens is 284 g/mol. The third-order valence-corrected chi connectivity index (χ3v) is 5.01. The van der Waals surface area contributed by atoms with Crippen LogP contribution in [0.4, 0.5) is 5.13 Å². The number of nitrogens with one attached hydrogen (secondary N) is 1. The molecule has 19 heavy (non-hydrogen) atoms. The summed E-state index contributed by atoms with van der Waals surface area (Å²) in [5.41, 5.74) is -0.710. The second-order valence-electron chi connectivity index (χ2n) is 4.39. The summed E-state index contributed by atoms with van der Waals surface area (Å²) < 4.78 is 5.69. The molecule has 1 unspecified atom stereocenters. The molecule has 1 aromatic heterocycles. The van der Waals surface area contributed by atoms with E-state index < -0.39 is 5.54 Å². The van der Waals surface area contributed by atoms with Crippen LogP contribution in [-0.2, 0) is 9.53 Å². The Morgan fingerprint density at radius 2 is 2.21 bits per heavy atom. The van der Waals surface area contributed by atoms with Gasteiger partial charge in [0.2, 0.25) is 5.13 Å². The fourth-order valence-corrected chi connectivity index (χ4v) is 3.31. The summed E-state index contributed by atoms with van der Waals surface area (Å²) in [5, 5.41) is 12.2. The summed E-state index contributed by atoms with van der Waals surface area (Å²) in [6.07, 6.45) is 0. The highest BCUT2D eigenvalue weighted by molar-refractivity contribution is 8.01. The zero-order valence-electron chi connectivity index (χ0n) is 11.9. The minimum Gasteiger partial charge on any atom is -0.468 e. The van der Waals surface area contributed by atoms with Crippen molar-refractivity contribution in [1.82, 2.24) is 15.5 Å². The van der Waals surface area contributed by atoms with Gasteiger partial charge in [-0.3, -0.25) is 4.79 Å². The standard InChI is InChI=1S/C11H20N4O2S2/c1-6-12-11(2,8(16)17-5)7-18-10-14-13-9(19-10)15(3)4/h12H,6-7H2,1-5H3. The summed E-state index contributed by atoms with van der Waals surface area (Å²) >= 11 is 3.01. The van der Waals surface area contributed by atoms with Crippen LogP contribution >= 0.6 is 23.1 Å². The van der Waals surface area contributed by atoms with Crippen molar-refractivity contribution in [3.8, 4) is 0 Å². The Bertz CT molecular complexity index is 425. The van der Waals surface area contributed by atoms with Crippen LogP contribution in [0.15, 0.2) is 4.34 Å². The van der Waals surface area contributed by atoms with Gasteiger partial charge >= 0.3 is 5.97 Å². The number of carbonyl (C=O) groups is 1. The Labute approximate surface area is 121 Å². The molecule has 0 aromatic carbocycles. The third kappa shape index (κ3) is 4.32. The summed E-state index contributed by atoms with van der Waals surface area (Å²) in [5.74, 6) is 0.287. The predicted octanol–water partition coefficient (Wildman–Crippen LogP) is 1.24. The SMILES string of the molecule is CCNC(C)(CSc1nnc(N(C)C)s1)C(=O)OC. The molecule has 1 aromatic rings. The van der Waals surface area contributed by atoms with E-state index in [0.717, 1.165) is 9.47 Å². The molecule has 0 saturated carbocycles. The number of esters is 1. The quantitative estimate of drug-likeness (QED) is 0.600. The Balaban J connectivity index is 2.67. The van der Waals surface area contributed by atoms with Crippen LogP contribution in [0, 0.1) is 0 Å². The maximum atomic E-state index is 11.8. The molecule has 108 valence electrons. The van der Waals surface area contributed by atoms with Crippen LogP contribution in [0.5, 0.6) is 0 Å². The third-order valence-electron chi connectivity index (χ3n) is 2.47. The number of likely N-dealkylation sites (N-methyl/N-ethyl adjacent to an activating group) is 1. The number of ether oxygens (including phenoxy) is 1. The van der Waals surface area contributed by atoms with Crippen LogP contribution in [0.3, 0.4) is 0 Å². The van der Waals surface area contributed by atoms with Crippen LogP contribution < -0.4 is 10.2 Å². The van der Waals surface area contributed by atoms with E-state index in [1.54, 1.807) is 0 Å². The van der Waals surface area contributed by atoms with Crippen LogP contribution in [0.2, 0.25) is 0 Å². The second kappa shape index (κ2) is 7.06. The van der Waals surface area contributed by atoms with Crippen LogP contribution in [0.1, 0.15) is 13.8 Å². The number of nitrogens with zero attached hydrogens (tertiary/aromatic N) is 3. The molecular formula is C11H20N4O2S2. The van der Waals surface area contributed by atoms with Gasteiger partial charge in [0.15, 0.2) is 4.34 Å². The molecule has 0 aliphatic carbocycles. The fraction of sp³-hybridized carbons (Fsp3) is 0.727.